The number of anilines is 2. The molecule has 7 nitrogen and oxygen atoms in total. The predicted octanol–water partition coefficient (Wildman–Crippen LogP) is 4.30. The first-order valence-corrected chi connectivity index (χ1v) is 11.6. The number of nitrogens with zero attached hydrogens (tertiary/aromatic N) is 1. The first kappa shape index (κ1) is 22.6. The van der Waals surface area contributed by atoms with Gasteiger partial charge in [-0.15, -0.1) is 0 Å². The SMILES string of the molecule is COC(=O)C1=C(N)N(c2ccc(F)c(Cl)c2)C2=C(C(=O)CCC2)C12C(=O)Nc1ccc(Br)cc12. The zero-order chi connectivity index (χ0) is 24.4. The van der Waals surface area contributed by atoms with Crippen molar-refractivity contribution in [3.8, 4) is 0 Å². The van der Waals surface area contributed by atoms with Crippen LogP contribution in [0.25, 0.3) is 0 Å². The van der Waals surface area contributed by atoms with Crippen LogP contribution in [-0.2, 0) is 24.5 Å². The third-order valence-electron chi connectivity index (χ3n) is 6.43. The number of hydrogen-bond acceptors (Lipinski definition) is 6. The van der Waals surface area contributed by atoms with Crippen LogP contribution in [0.5, 0.6) is 0 Å². The molecule has 5 rings (SSSR count). The van der Waals surface area contributed by atoms with Crippen LogP contribution in [0.3, 0.4) is 0 Å². The highest BCUT2D eigenvalue weighted by molar-refractivity contribution is 9.10. The largest absolute Gasteiger partial charge is 0.466 e. The highest BCUT2D eigenvalue weighted by atomic mass is 79.9. The van der Waals surface area contributed by atoms with Crippen molar-refractivity contribution < 1.29 is 23.5 Å². The minimum atomic E-state index is -1.79. The minimum absolute atomic E-state index is 0.0917. The lowest BCUT2D eigenvalue weighted by atomic mass is 9.63. The van der Waals surface area contributed by atoms with E-state index < -0.39 is 23.1 Å². The van der Waals surface area contributed by atoms with Crippen molar-refractivity contribution >= 4 is 56.6 Å². The molecule has 0 fully saturated rings. The summed E-state index contributed by atoms with van der Waals surface area (Å²) < 4.78 is 19.6. The average molecular weight is 547 g/mol. The van der Waals surface area contributed by atoms with Crippen LogP contribution in [0, 0.1) is 5.82 Å². The van der Waals surface area contributed by atoms with Gasteiger partial charge in [-0.1, -0.05) is 27.5 Å². The summed E-state index contributed by atoms with van der Waals surface area (Å²) in [4.78, 5) is 42.0. The van der Waals surface area contributed by atoms with Gasteiger partial charge in [-0.05, 0) is 49.2 Å². The fourth-order valence-electron chi connectivity index (χ4n) is 5.10. The number of halogens is 3. The quantitative estimate of drug-likeness (QED) is 0.545. The number of ether oxygens (including phenoxy) is 1. The smallest absolute Gasteiger partial charge is 0.339 e. The molecule has 2 aromatic carbocycles. The molecule has 1 spiro atoms. The standard InChI is InChI=1S/C24H18BrClFN3O4/c1-34-22(32)20-21(28)30(12-6-7-15(27)14(26)10-12)17-3-2-4-18(31)19(17)24(20)13-9-11(25)5-8-16(13)29-23(24)33/h5-10H,2-4,28H2,1H3,(H,29,33). The summed E-state index contributed by atoms with van der Waals surface area (Å²) in [6, 6.07) is 9.12. The lowest BCUT2D eigenvalue weighted by Crippen LogP contribution is -2.53. The number of carbonyl (C=O) groups excluding carboxylic acids is 3. The van der Waals surface area contributed by atoms with E-state index in [1.807, 2.05) is 0 Å². The van der Waals surface area contributed by atoms with Gasteiger partial charge in [0, 0.05) is 39.1 Å². The second kappa shape index (κ2) is 7.95. The van der Waals surface area contributed by atoms with Gasteiger partial charge >= 0.3 is 5.97 Å². The molecule has 174 valence electrons. The number of rotatable bonds is 2. The number of methoxy groups -OCH3 is 1. The molecule has 2 aliphatic heterocycles. The molecule has 3 aliphatic rings. The van der Waals surface area contributed by atoms with E-state index in [1.54, 1.807) is 18.2 Å². The Kier molecular flexibility index (Phi) is 5.29. The maximum atomic E-state index is 13.9. The Hall–Kier alpha value is -3.17. The van der Waals surface area contributed by atoms with E-state index in [9.17, 15) is 18.8 Å². The molecule has 0 bridgehead atoms. The van der Waals surface area contributed by atoms with E-state index in [0.717, 1.165) is 0 Å². The van der Waals surface area contributed by atoms with Gasteiger partial charge in [0.1, 0.15) is 22.6 Å². The molecule has 1 amide bonds. The van der Waals surface area contributed by atoms with Gasteiger partial charge in [-0.2, -0.15) is 0 Å². The van der Waals surface area contributed by atoms with Crippen LogP contribution in [0.1, 0.15) is 24.8 Å². The number of nitrogens with two attached hydrogens (primary N) is 1. The van der Waals surface area contributed by atoms with Crippen LogP contribution in [0.4, 0.5) is 15.8 Å². The first-order valence-electron chi connectivity index (χ1n) is 10.4. The molecular formula is C24H18BrClFN3O4. The van der Waals surface area contributed by atoms with Crippen molar-refractivity contribution in [3.63, 3.8) is 0 Å². The number of hydrogen-bond donors (Lipinski definition) is 2. The van der Waals surface area contributed by atoms with Gasteiger partial charge in [-0.3, -0.25) is 14.5 Å². The number of benzene rings is 2. The second-order valence-electron chi connectivity index (χ2n) is 8.18. The summed E-state index contributed by atoms with van der Waals surface area (Å²) in [5.41, 5.74) is 6.51. The molecule has 10 heteroatoms. The number of carbonyl (C=O) groups is 3. The Bertz CT molecular complexity index is 1370. The molecule has 1 aliphatic carbocycles. The summed E-state index contributed by atoms with van der Waals surface area (Å²) >= 11 is 9.46. The maximum Gasteiger partial charge on any atom is 0.339 e. The summed E-state index contributed by atoms with van der Waals surface area (Å²) in [6.45, 7) is 0. The van der Waals surface area contributed by atoms with Gasteiger partial charge in [0.15, 0.2) is 5.78 Å². The van der Waals surface area contributed by atoms with Gasteiger partial charge in [0.25, 0.3) is 0 Å². The van der Waals surface area contributed by atoms with Crippen LogP contribution >= 0.6 is 27.5 Å². The van der Waals surface area contributed by atoms with Gasteiger partial charge in [-0.25, -0.2) is 9.18 Å². The maximum absolute atomic E-state index is 13.9. The van der Waals surface area contributed by atoms with Crippen LogP contribution in [-0.4, -0.2) is 24.8 Å². The molecule has 0 saturated heterocycles. The van der Waals surface area contributed by atoms with Crippen LogP contribution < -0.4 is 16.0 Å². The number of Topliss-reactive ketones (excluding diaryl/α,β-unsaturated/α-hetero) is 1. The molecule has 1 atom stereocenters. The fourth-order valence-corrected chi connectivity index (χ4v) is 5.64. The van der Waals surface area contributed by atoms with E-state index in [-0.39, 0.29) is 34.2 Å². The highest BCUT2D eigenvalue weighted by Crippen LogP contribution is 2.56. The minimum Gasteiger partial charge on any atom is -0.466 e. The fraction of sp³-hybridized carbons (Fsp3) is 0.208. The molecule has 2 heterocycles. The van der Waals surface area contributed by atoms with Crippen molar-refractivity contribution in [3.05, 3.63) is 79.9 Å². The van der Waals surface area contributed by atoms with E-state index in [1.165, 1.54) is 30.2 Å². The van der Waals surface area contributed by atoms with Crippen molar-refractivity contribution in [2.75, 3.05) is 17.3 Å². The molecular weight excluding hydrogens is 529 g/mol. The predicted molar refractivity (Wildman–Crippen MR) is 127 cm³/mol. The topological polar surface area (TPSA) is 102 Å². The molecule has 3 N–H and O–H groups in total. The second-order valence-corrected chi connectivity index (χ2v) is 9.50. The Morgan fingerprint density at radius 1 is 1.24 bits per heavy atom. The summed E-state index contributed by atoms with van der Waals surface area (Å²) in [5.74, 6) is -2.42. The average Bonchev–Trinajstić information content (AvgIpc) is 3.07. The summed E-state index contributed by atoms with van der Waals surface area (Å²) in [5, 5.41) is 2.66. The lowest BCUT2D eigenvalue weighted by molar-refractivity contribution is -0.138. The summed E-state index contributed by atoms with van der Waals surface area (Å²) in [6.07, 6.45) is 1.13. The third-order valence-corrected chi connectivity index (χ3v) is 7.21. The van der Waals surface area contributed by atoms with Crippen LogP contribution in [0.2, 0.25) is 5.02 Å². The van der Waals surface area contributed by atoms with Gasteiger partial charge in [0.2, 0.25) is 5.91 Å². The number of allylic oxidation sites excluding steroid dienone is 1. The number of ketones is 1. The molecule has 1 unspecified atom stereocenters. The van der Waals surface area contributed by atoms with E-state index in [4.69, 9.17) is 22.1 Å². The number of fused-ring (bicyclic) bond motifs is 3. The van der Waals surface area contributed by atoms with E-state index >= 15 is 0 Å². The van der Waals surface area contributed by atoms with Crippen LogP contribution in [0.15, 0.2) is 63.5 Å². The zero-order valence-electron chi connectivity index (χ0n) is 17.9. The lowest BCUT2D eigenvalue weighted by Gasteiger charge is -2.44. The Balaban J connectivity index is 1.91. The number of nitrogens with one attached hydrogen (secondary N) is 1. The molecule has 2 aromatic rings. The van der Waals surface area contributed by atoms with Gasteiger partial charge < -0.3 is 15.8 Å². The third kappa shape index (κ3) is 2.96. The monoisotopic (exact) mass is 545 g/mol. The van der Waals surface area contributed by atoms with E-state index in [2.05, 4.69) is 21.2 Å². The molecule has 0 aromatic heterocycles. The Morgan fingerprint density at radius 3 is 2.71 bits per heavy atom. The van der Waals surface area contributed by atoms with Crippen molar-refractivity contribution in [2.24, 2.45) is 5.73 Å². The van der Waals surface area contributed by atoms with E-state index in [0.29, 0.717) is 39.9 Å². The Labute approximate surface area is 207 Å². The number of esters is 1. The Morgan fingerprint density at radius 2 is 2.00 bits per heavy atom. The molecule has 34 heavy (non-hydrogen) atoms. The van der Waals surface area contributed by atoms with Gasteiger partial charge in [0.05, 0.1) is 12.1 Å². The number of amides is 1. The van der Waals surface area contributed by atoms with Crippen molar-refractivity contribution in [1.82, 2.24) is 0 Å². The molecule has 0 saturated carbocycles. The van der Waals surface area contributed by atoms with Crippen molar-refractivity contribution in [1.29, 1.82) is 0 Å². The highest BCUT2D eigenvalue weighted by Gasteiger charge is 2.62. The normalized spacial score (nSPS) is 21.6. The zero-order valence-corrected chi connectivity index (χ0v) is 20.2. The summed E-state index contributed by atoms with van der Waals surface area (Å²) in [7, 11) is 1.18. The first-order chi connectivity index (χ1) is 16.2. The van der Waals surface area contributed by atoms with Crippen molar-refractivity contribution in [2.45, 2.75) is 24.7 Å². The molecule has 0 radical (unpaired) electrons.